The van der Waals surface area contributed by atoms with E-state index in [0.29, 0.717) is 31.6 Å². The number of aliphatic hydroxyl groups is 3. The van der Waals surface area contributed by atoms with Crippen molar-refractivity contribution >= 4 is 5.97 Å². The van der Waals surface area contributed by atoms with Gasteiger partial charge >= 0.3 is 5.97 Å². The smallest absolute Gasteiger partial charge is 0.303 e. The number of para-hydroxylation sites is 1. The Bertz CT molecular complexity index is 760. The molecule has 0 aromatic heterocycles. The van der Waals surface area contributed by atoms with Crippen LogP contribution in [-0.4, -0.2) is 51.0 Å². The number of benzene rings is 1. The summed E-state index contributed by atoms with van der Waals surface area (Å²) in [5, 5.41) is 39.8. The molecular weight excluding hydrogens is 388 g/mol. The van der Waals surface area contributed by atoms with Gasteiger partial charge in [0.05, 0.1) is 18.8 Å². The molecule has 164 valence electrons. The molecule has 0 amide bonds. The number of hydrogen-bond acceptors (Lipinski definition) is 6. The minimum absolute atomic E-state index is 0.133. The Balaban J connectivity index is 1.54. The molecule has 0 unspecified atom stereocenters. The second-order valence-electron chi connectivity index (χ2n) is 7.89. The molecule has 7 nitrogen and oxygen atoms in total. The Labute approximate surface area is 176 Å². The number of rotatable bonds is 9. The summed E-state index contributed by atoms with van der Waals surface area (Å²) in [7, 11) is 0. The van der Waals surface area contributed by atoms with Crippen molar-refractivity contribution in [1.82, 2.24) is 0 Å². The van der Waals surface area contributed by atoms with E-state index in [1.807, 2.05) is 36.4 Å². The van der Waals surface area contributed by atoms with E-state index in [9.17, 15) is 20.1 Å². The summed E-state index contributed by atoms with van der Waals surface area (Å²) in [6.45, 7) is 0.353. The van der Waals surface area contributed by atoms with Gasteiger partial charge in [-0.1, -0.05) is 42.5 Å². The molecule has 4 N–H and O–H groups in total. The van der Waals surface area contributed by atoms with Gasteiger partial charge in [-0.25, -0.2) is 0 Å². The van der Waals surface area contributed by atoms with Crippen LogP contribution in [0, 0.1) is 11.8 Å². The van der Waals surface area contributed by atoms with Crippen molar-refractivity contribution in [2.75, 3.05) is 0 Å². The lowest BCUT2D eigenvalue weighted by Crippen LogP contribution is -2.36. The highest BCUT2D eigenvalue weighted by Crippen LogP contribution is 2.36. The molecule has 2 aliphatic rings. The number of carboxylic acid groups (broad SMARTS) is 1. The van der Waals surface area contributed by atoms with Gasteiger partial charge in [0.2, 0.25) is 6.29 Å². The van der Waals surface area contributed by atoms with Crippen LogP contribution in [0.25, 0.3) is 0 Å². The molecule has 7 heteroatoms. The molecule has 1 aliphatic heterocycles. The maximum absolute atomic E-state index is 10.5. The Morgan fingerprint density at radius 3 is 2.80 bits per heavy atom. The van der Waals surface area contributed by atoms with Crippen molar-refractivity contribution in [3.05, 3.63) is 54.1 Å². The first-order chi connectivity index (χ1) is 14.5. The minimum atomic E-state index is -1.00. The number of carbonyl (C=O) groups is 1. The van der Waals surface area contributed by atoms with E-state index in [0.717, 1.165) is 5.56 Å². The van der Waals surface area contributed by atoms with E-state index in [1.54, 1.807) is 12.2 Å². The third kappa shape index (κ3) is 5.92. The zero-order valence-corrected chi connectivity index (χ0v) is 16.8. The molecule has 1 saturated carbocycles. The van der Waals surface area contributed by atoms with Gasteiger partial charge in [-0.05, 0) is 31.2 Å². The topological polar surface area (TPSA) is 116 Å². The van der Waals surface area contributed by atoms with E-state index in [1.165, 1.54) is 0 Å². The molecule has 1 heterocycles. The van der Waals surface area contributed by atoms with Gasteiger partial charge in [-0.3, -0.25) is 4.79 Å². The lowest BCUT2D eigenvalue weighted by Gasteiger charge is -2.28. The fraction of sp³-hybridized carbons (Fsp3) is 0.522. The average molecular weight is 418 g/mol. The predicted molar refractivity (Wildman–Crippen MR) is 110 cm³/mol. The lowest BCUT2D eigenvalue weighted by atomic mass is 9.89. The number of allylic oxidation sites excluding steroid dienone is 2. The molecule has 1 fully saturated rings. The largest absolute Gasteiger partial charge is 0.481 e. The Morgan fingerprint density at radius 1 is 1.20 bits per heavy atom. The maximum atomic E-state index is 10.5. The molecule has 6 atom stereocenters. The van der Waals surface area contributed by atoms with E-state index in [-0.39, 0.29) is 24.7 Å². The molecule has 1 aromatic carbocycles. The summed E-state index contributed by atoms with van der Waals surface area (Å²) in [6.07, 6.45) is 6.20. The molecule has 0 saturated heterocycles. The predicted octanol–water partition coefficient (Wildman–Crippen LogP) is 2.40. The molecule has 1 aliphatic carbocycles. The number of aliphatic hydroxyl groups excluding tert-OH is 3. The third-order valence-electron chi connectivity index (χ3n) is 5.68. The lowest BCUT2D eigenvalue weighted by molar-refractivity contribution is -0.152. The van der Waals surface area contributed by atoms with Crippen LogP contribution in [0.2, 0.25) is 0 Å². The van der Waals surface area contributed by atoms with Crippen molar-refractivity contribution in [2.45, 2.75) is 63.3 Å². The summed E-state index contributed by atoms with van der Waals surface area (Å²) < 4.78 is 11.3. The van der Waals surface area contributed by atoms with Crippen molar-refractivity contribution in [3.63, 3.8) is 0 Å². The van der Waals surface area contributed by atoms with Gasteiger partial charge in [0.1, 0.15) is 11.9 Å². The normalized spacial score (nSPS) is 29.8. The molecule has 30 heavy (non-hydrogen) atoms. The number of ether oxygens (including phenoxy) is 2. The van der Waals surface area contributed by atoms with E-state index in [4.69, 9.17) is 14.6 Å². The van der Waals surface area contributed by atoms with Gasteiger partial charge in [0.25, 0.3) is 0 Å². The Morgan fingerprint density at radius 2 is 2.00 bits per heavy atom. The SMILES string of the molecule is O=C(O)CCC/C=C\C[C@@H]1[C@@H](/C=C/[C@@H](O)[C@H]2OCc3ccccc3O2)[C@H](O)C[C@@H]1O. The minimum Gasteiger partial charge on any atom is -0.481 e. The molecule has 0 bridgehead atoms. The zero-order valence-electron chi connectivity index (χ0n) is 16.8. The standard InChI is InChI=1S/C23H30O7/c24-18(23-29-14-15-7-5-6-9-21(15)30-23)12-11-17-16(19(25)13-20(17)26)8-3-1-2-4-10-22(27)28/h1,3,5-7,9,11-12,16-20,23-26H,2,4,8,10,13-14H2,(H,27,28)/b3-1-,12-11+/t16-,17-,18-,19+,20-,23+/m1/s1. The molecule has 3 rings (SSSR count). The average Bonchev–Trinajstić information content (AvgIpc) is 3.00. The summed E-state index contributed by atoms with van der Waals surface area (Å²) in [5.74, 6) is -0.596. The zero-order chi connectivity index (χ0) is 21.5. The van der Waals surface area contributed by atoms with Gasteiger partial charge < -0.3 is 29.9 Å². The molecular formula is C23H30O7. The first kappa shape index (κ1) is 22.5. The maximum Gasteiger partial charge on any atom is 0.303 e. The van der Waals surface area contributed by atoms with Crippen molar-refractivity contribution < 1.29 is 34.7 Å². The first-order valence-electron chi connectivity index (χ1n) is 10.4. The van der Waals surface area contributed by atoms with Crippen LogP contribution in [0.4, 0.5) is 0 Å². The Hall–Kier alpha value is -2.19. The molecule has 0 radical (unpaired) electrons. The number of carboxylic acids is 1. The second-order valence-corrected chi connectivity index (χ2v) is 7.89. The van der Waals surface area contributed by atoms with Gasteiger partial charge in [0, 0.05) is 24.3 Å². The summed E-state index contributed by atoms with van der Waals surface area (Å²) >= 11 is 0. The third-order valence-corrected chi connectivity index (χ3v) is 5.68. The highest BCUT2D eigenvalue weighted by Gasteiger charge is 2.39. The fourth-order valence-corrected chi connectivity index (χ4v) is 4.02. The van der Waals surface area contributed by atoms with Crippen LogP contribution in [0.3, 0.4) is 0 Å². The van der Waals surface area contributed by atoms with Gasteiger partial charge in [-0.15, -0.1) is 0 Å². The van der Waals surface area contributed by atoms with Gasteiger partial charge in [-0.2, -0.15) is 0 Å². The number of aliphatic carboxylic acids is 1. The van der Waals surface area contributed by atoms with E-state index in [2.05, 4.69) is 0 Å². The van der Waals surface area contributed by atoms with Crippen LogP contribution >= 0.6 is 0 Å². The monoisotopic (exact) mass is 418 g/mol. The van der Waals surface area contributed by atoms with Crippen LogP contribution in [-0.2, 0) is 16.1 Å². The first-order valence-corrected chi connectivity index (χ1v) is 10.4. The summed E-state index contributed by atoms with van der Waals surface area (Å²) in [4.78, 5) is 10.5. The van der Waals surface area contributed by atoms with E-state index >= 15 is 0 Å². The van der Waals surface area contributed by atoms with Crippen LogP contribution < -0.4 is 4.74 Å². The summed E-state index contributed by atoms with van der Waals surface area (Å²) in [6, 6.07) is 7.50. The van der Waals surface area contributed by atoms with Crippen LogP contribution in [0.15, 0.2) is 48.6 Å². The van der Waals surface area contributed by atoms with Crippen LogP contribution in [0.5, 0.6) is 5.75 Å². The highest BCUT2D eigenvalue weighted by molar-refractivity contribution is 5.66. The Kier molecular flexibility index (Phi) is 8.04. The number of unbranched alkanes of at least 4 members (excludes halogenated alkanes) is 1. The van der Waals surface area contributed by atoms with Gasteiger partial charge in [0.15, 0.2) is 0 Å². The quantitative estimate of drug-likeness (QED) is 0.359. The van der Waals surface area contributed by atoms with E-state index < -0.39 is 30.6 Å². The number of hydrogen-bond donors (Lipinski definition) is 4. The summed E-state index contributed by atoms with van der Waals surface area (Å²) in [5.41, 5.74) is 0.925. The molecule has 0 spiro atoms. The van der Waals surface area contributed by atoms with Crippen molar-refractivity contribution in [1.29, 1.82) is 0 Å². The van der Waals surface area contributed by atoms with Crippen molar-refractivity contribution in [3.8, 4) is 5.75 Å². The highest BCUT2D eigenvalue weighted by atomic mass is 16.7. The second kappa shape index (κ2) is 10.7. The fourth-order valence-electron chi connectivity index (χ4n) is 4.02. The molecule has 1 aromatic rings. The van der Waals surface area contributed by atoms with Crippen molar-refractivity contribution in [2.24, 2.45) is 11.8 Å². The van der Waals surface area contributed by atoms with Crippen LogP contribution in [0.1, 0.15) is 37.7 Å². The number of fused-ring (bicyclic) bond motifs is 1.